The Labute approximate surface area is 171 Å². The maximum Gasteiger partial charge on any atom is 0.246 e. The van der Waals surface area contributed by atoms with E-state index in [0.717, 1.165) is 42.9 Å². The first-order valence-electron chi connectivity index (χ1n) is 10.0. The van der Waals surface area contributed by atoms with E-state index in [1.165, 1.54) is 0 Å². The Hall–Kier alpha value is -3.34. The molecule has 1 saturated heterocycles. The van der Waals surface area contributed by atoms with Gasteiger partial charge in [-0.25, -0.2) is 4.68 Å². The van der Waals surface area contributed by atoms with Gasteiger partial charge in [0, 0.05) is 36.8 Å². The van der Waals surface area contributed by atoms with Gasteiger partial charge in [-0.3, -0.25) is 4.79 Å². The number of nitrogens with zero attached hydrogens (tertiary/aromatic N) is 3. The van der Waals surface area contributed by atoms with Crippen LogP contribution in [0.4, 0.5) is 0 Å². The molecular formula is C24H25N3O2. The van der Waals surface area contributed by atoms with Crippen LogP contribution in [0.5, 0.6) is 5.75 Å². The topological polar surface area (TPSA) is 47.4 Å². The van der Waals surface area contributed by atoms with Crippen molar-refractivity contribution in [3.8, 4) is 11.4 Å². The summed E-state index contributed by atoms with van der Waals surface area (Å²) in [5.41, 5.74) is 1.90. The Morgan fingerprint density at radius 2 is 1.86 bits per heavy atom. The highest BCUT2D eigenvalue weighted by molar-refractivity contribution is 5.91. The molecule has 1 amide bonds. The standard InChI is InChI=1S/C24H25N3O2/c28-24(14-13-20-16-25-27(18-20)22-9-3-1-4-10-22)26-15-7-8-21(17-26)19-29-23-11-5-2-6-12-23/h1-6,9-14,16,18,21H,7-8,15,17,19H2/b14-13+. The van der Waals surface area contributed by atoms with E-state index in [-0.39, 0.29) is 5.91 Å². The van der Waals surface area contributed by atoms with Gasteiger partial charge in [-0.05, 0) is 43.2 Å². The maximum atomic E-state index is 12.6. The van der Waals surface area contributed by atoms with Crippen molar-refractivity contribution in [2.75, 3.05) is 19.7 Å². The van der Waals surface area contributed by atoms with E-state index < -0.39 is 0 Å². The first kappa shape index (κ1) is 19.0. The number of likely N-dealkylation sites (tertiary alicyclic amines) is 1. The van der Waals surface area contributed by atoms with Gasteiger partial charge in [-0.1, -0.05) is 36.4 Å². The summed E-state index contributed by atoms with van der Waals surface area (Å²) in [6.45, 7) is 2.18. The van der Waals surface area contributed by atoms with Gasteiger partial charge >= 0.3 is 0 Å². The smallest absolute Gasteiger partial charge is 0.246 e. The van der Waals surface area contributed by atoms with Crippen LogP contribution in [0.25, 0.3) is 11.8 Å². The average molecular weight is 387 g/mol. The van der Waals surface area contributed by atoms with Crippen LogP contribution in [0, 0.1) is 5.92 Å². The molecule has 1 aromatic heterocycles. The Bertz CT molecular complexity index is 951. The SMILES string of the molecule is O=C(/C=C/c1cnn(-c2ccccc2)c1)N1CCCC(COc2ccccc2)C1. The number of piperidine rings is 1. The molecule has 0 aliphatic carbocycles. The zero-order chi connectivity index (χ0) is 19.9. The van der Waals surface area contributed by atoms with Crippen LogP contribution in [0.3, 0.4) is 0 Å². The monoisotopic (exact) mass is 387 g/mol. The molecule has 1 aliphatic rings. The molecule has 1 fully saturated rings. The summed E-state index contributed by atoms with van der Waals surface area (Å²) in [6, 6.07) is 19.8. The van der Waals surface area contributed by atoms with Gasteiger partial charge in [0.25, 0.3) is 0 Å². The van der Waals surface area contributed by atoms with E-state index in [1.54, 1.807) is 12.3 Å². The summed E-state index contributed by atoms with van der Waals surface area (Å²) < 4.78 is 7.69. The zero-order valence-electron chi connectivity index (χ0n) is 16.4. The van der Waals surface area contributed by atoms with Crippen LogP contribution in [0.1, 0.15) is 18.4 Å². The summed E-state index contributed by atoms with van der Waals surface area (Å²) in [5, 5.41) is 4.37. The lowest BCUT2D eigenvalue weighted by Gasteiger charge is -2.32. The second kappa shape index (κ2) is 9.24. The third-order valence-electron chi connectivity index (χ3n) is 5.10. The van der Waals surface area contributed by atoms with Crippen LogP contribution in [0.15, 0.2) is 79.1 Å². The maximum absolute atomic E-state index is 12.6. The van der Waals surface area contributed by atoms with Crippen molar-refractivity contribution in [3.63, 3.8) is 0 Å². The van der Waals surface area contributed by atoms with Gasteiger partial charge in [0.1, 0.15) is 5.75 Å². The molecule has 1 aliphatic heterocycles. The second-order valence-corrected chi connectivity index (χ2v) is 7.30. The molecule has 0 radical (unpaired) electrons. The molecule has 29 heavy (non-hydrogen) atoms. The highest BCUT2D eigenvalue weighted by atomic mass is 16.5. The highest BCUT2D eigenvalue weighted by Crippen LogP contribution is 2.19. The molecule has 0 saturated carbocycles. The summed E-state index contributed by atoms with van der Waals surface area (Å²) in [4.78, 5) is 14.6. The van der Waals surface area contributed by atoms with Gasteiger partial charge in [-0.2, -0.15) is 5.10 Å². The van der Waals surface area contributed by atoms with Gasteiger partial charge in [-0.15, -0.1) is 0 Å². The lowest BCUT2D eigenvalue weighted by molar-refractivity contribution is -0.127. The van der Waals surface area contributed by atoms with Crippen molar-refractivity contribution in [2.45, 2.75) is 12.8 Å². The number of hydrogen-bond donors (Lipinski definition) is 0. The number of benzene rings is 2. The van der Waals surface area contributed by atoms with E-state index >= 15 is 0 Å². The lowest BCUT2D eigenvalue weighted by atomic mass is 9.99. The summed E-state index contributed by atoms with van der Waals surface area (Å²) in [5.74, 6) is 1.29. The normalized spacial score (nSPS) is 16.8. The molecule has 2 heterocycles. The Kier molecular flexibility index (Phi) is 6.05. The zero-order valence-corrected chi connectivity index (χ0v) is 16.4. The minimum Gasteiger partial charge on any atom is -0.493 e. The molecule has 5 nitrogen and oxygen atoms in total. The Balaban J connectivity index is 1.31. The first-order chi connectivity index (χ1) is 14.3. The van der Waals surface area contributed by atoms with E-state index in [9.17, 15) is 4.79 Å². The van der Waals surface area contributed by atoms with Gasteiger partial charge in [0.15, 0.2) is 0 Å². The Morgan fingerprint density at radius 3 is 2.66 bits per heavy atom. The molecular weight excluding hydrogens is 362 g/mol. The molecule has 0 bridgehead atoms. The lowest BCUT2D eigenvalue weighted by Crippen LogP contribution is -2.40. The van der Waals surface area contributed by atoms with Crippen molar-refractivity contribution >= 4 is 12.0 Å². The number of carbonyl (C=O) groups is 1. The fourth-order valence-electron chi connectivity index (χ4n) is 3.55. The van der Waals surface area contributed by atoms with Crippen molar-refractivity contribution in [2.24, 2.45) is 5.92 Å². The van der Waals surface area contributed by atoms with Crippen molar-refractivity contribution in [1.82, 2.24) is 14.7 Å². The number of carbonyl (C=O) groups excluding carboxylic acids is 1. The molecule has 2 aromatic carbocycles. The molecule has 3 aromatic rings. The number of ether oxygens (including phenoxy) is 1. The van der Waals surface area contributed by atoms with E-state index in [4.69, 9.17) is 4.74 Å². The molecule has 5 heteroatoms. The molecule has 4 rings (SSSR count). The summed E-state index contributed by atoms with van der Waals surface area (Å²) >= 11 is 0. The van der Waals surface area contributed by atoms with Crippen molar-refractivity contribution in [3.05, 3.63) is 84.7 Å². The second-order valence-electron chi connectivity index (χ2n) is 7.30. The van der Waals surface area contributed by atoms with Gasteiger partial charge in [0.05, 0.1) is 18.5 Å². The first-order valence-corrected chi connectivity index (χ1v) is 10.0. The molecule has 1 unspecified atom stereocenters. The predicted octanol–water partition coefficient (Wildman–Crippen LogP) is 4.20. The van der Waals surface area contributed by atoms with Crippen LogP contribution in [0.2, 0.25) is 0 Å². The number of hydrogen-bond acceptors (Lipinski definition) is 3. The van der Waals surface area contributed by atoms with Crippen LogP contribution in [-0.4, -0.2) is 40.3 Å². The van der Waals surface area contributed by atoms with E-state index in [1.807, 2.05) is 82.5 Å². The van der Waals surface area contributed by atoms with Crippen molar-refractivity contribution < 1.29 is 9.53 Å². The number of para-hydroxylation sites is 2. The summed E-state index contributed by atoms with van der Waals surface area (Å²) in [7, 11) is 0. The number of rotatable bonds is 6. The van der Waals surface area contributed by atoms with Gasteiger partial charge in [0.2, 0.25) is 5.91 Å². The fraction of sp³-hybridized carbons (Fsp3) is 0.250. The van der Waals surface area contributed by atoms with E-state index in [0.29, 0.717) is 12.5 Å². The summed E-state index contributed by atoms with van der Waals surface area (Å²) in [6.07, 6.45) is 9.26. The largest absolute Gasteiger partial charge is 0.493 e. The fourth-order valence-corrected chi connectivity index (χ4v) is 3.55. The van der Waals surface area contributed by atoms with E-state index in [2.05, 4.69) is 5.10 Å². The quantitative estimate of drug-likeness (QED) is 0.596. The Morgan fingerprint density at radius 1 is 1.10 bits per heavy atom. The molecule has 0 N–H and O–H groups in total. The predicted molar refractivity (Wildman–Crippen MR) is 114 cm³/mol. The molecule has 0 spiro atoms. The third kappa shape index (κ3) is 5.13. The number of aromatic nitrogens is 2. The van der Waals surface area contributed by atoms with Crippen LogP contribution in [-0.2, 0) is 4.79 Å². The van der Waals surface area contributed by atoms with Gasteiger partial charge < -0.3 is 9.64 Å². The van der Waals surface area contributed by atoms with Crippen LogP contribution < -0.4 is 4.74 Å². The highest BCUT2D eigenvalue weighted by Gasteiger charge is 2.23. The minimum absolute atomic E-state index is 0.0434. The average Bonchev–Trinajstić information content (AvgIpc) is 3.27. The third-order valence-corrected chi connectivity index (χ3v) is 5.10. The molecule has 1 atom stereocenters. The number of amides is 1. The van der Waals surface area contributed by atoms with Crippen molar-refractivity contribution in [1.29, 1.82) is 0 Å². The van der Waals surface area contributed by atoms with Crippen LogP contribution >= 0.6 is 0 Å². The molecule has 148 valence electrons. The minimum atomic E-state index is 0.0434.